The van der Waals surface area contributed by atoms with Crippen LogP contribution in [0, 0.1) is 13.8 Å². The Kier molecular flexibility index (Phi) is 4.00. The van der Waals surface area contributed by atoms with Crippen LogP contribution in [-0.4, -0.2) is 10.2 Å². The van der Waals surface area contributed by atoms with Crippen LogP contribution < -0.4 is 5.32 Å². The third-order valence-electron chi connectivity index (χ3n) is 3.13. The van der Waals surface area contributed by atoms with Crippen LogP contribution in [0.4, 0.5) is 5.69 Å². The second-order valence-electron chi connectivity index (χ2n) is 4.54. The molecule has 0 aliphatic carbocycles. The quantitative estimate of drug-likeness (QED) is 0.798. The monoisotopic (exact) mass is 321 g/mol. The Bertz CT molecular complexity index is 611. The molecule has 0 aromatic heterocycles. The lowest BCUT2D eigenvalue weighted by molar-refractivity contribution is 0.467. The van der Waals surface area contributed by atoms with Crippen molar-refractivity contribution in [3.8, 4) is 11.5 Å². The second kappa shape index (κ2) is 5.53. The highest BCUT2D eigenvalue weighted by Crippen LogP contribution is 2.29. The third-order valence-corrected chi connectivity index (χ3v) is 3.76. The summed E-state index contributed by atoms with van der Waals surface area (Å²) in [5, 5.41) is 22.6. The summed E-state index contributed by atoms with van der Waals surface area (Å²) in [5.74, 6) is 0.560. The van der Waals surface area contributed by atoms with Gasteiger partial charge < -0.3 is 15.5 Å². The van der Waals surface area contributed by atoms with Crippen LogP contribution in [0.2, 0.25) is 0 Å². The molecule has 2 aromatic carbocycles. The molecule has 4 heteroatoms. The minimum Gasteiger partial charge on any atom is -0.507 e. The second-order valence-corrected chi connectivity index (χ2v) is 5.40. The number of hydrogen-bond donors (Lipinski definition) is 3. The van der Waals surface area contributed by atoms with E-state index in [1.165, 1.54) is 0 Å². The number of benzene rings is 2. The molecule has 0 saturated carbocycles. The van der Waals surface area contributed by atoms with E-state index >= 15 is 0 Å². The van der Waals surface area contributed by atoms with Gasteiger partial charge in [0.15, 0.2) is 0 Å². The number of phenolic OH excluding ortho intramolecular Hbond substituents is 2. The van der Waals surface area contributed by atoms with Gasteiger partial charge in [-0.2, -0.15) is 0 Å². The molecule has 0 fully saturated rings. The van der Waals surface area contributed by atoms with Gasteiger partial charge in [0.25, 0.3) is 0 Å². The SMILES string of the molecule is Cc1ccc(NCc2ccc(O)c(Br)c2)c(C)c1O. The largest absolute Gasteiger partial charge is 0.507 e. The van der Waals surface area contributed by atoms with Gasteiger partial charge in [-0.25, -0.2) is 0 Å². The number of aromatic hydroxyl groups is 2. The summed E-state index contributed by atoms with van der Waals surface area (Å²) in [5.41, 5.74) is 3.67. The molecule has 0 bridgehead atoms. The fourth-order valence-electron chi connectivity index (χ4n) is 1.88. The molecular formula is C15H16BrNO2. The molecule has 0 amide bonds. The van der Waals surface area contributed by atoms with Gasteiger partial charge in [0.2, 0.25) is 0 Å². The van der Waals surface area contributed by atoms with Crippen LogP contribution in [0.25, 0.3) is 0 Å². The van der Waals surface area contributed by atoms with Crippen LogP contribution in [0.5, 0.6) is 11.5 Å². The Morgan fingerprint density at radius 1 is 1.11 bits per heavy atom. The smallest absolute Gasteiger partial charge is 0.129 e. The van der Waals surface area contributed by atoms with E-state index < -0.39 is 0 Å². The molecular weight excluding hydrogens is 306 g/mol. The fraction of sp³-hybridized carbons (Fsp3) is 0.200. The minimum absolute atomic E-state index is 0.230. The average molecular weight is 322 g/mol. The van der Waals surface area contributed by atoms with Crippen LogP contribution in [-0.2, 0) is 6.54 Å². The van der Waals surface area contributed by atoms with Crippen LogP contribution in [0.3, 0.4) is 0 Å². The standard InChI is InChI=1S/C15H16BrNO2/c1-9-3-5-13(10(2)15(9)19)17-8-11-4-6-14(18)12(16)7-11/h3-7,17-19H,8H2,1-2H3. The molecule has 2 aromatic rings. The van der Waals surface area contributed by atoms with E-state index in [0.717, 1.165) is 22.4 Å². The number of hydrogen-bond acceptors (Lipinski definition) is 3. The van der Waals surface area contributed by atoms with E-state index in [0.29, 0.717) is 16.8 Å². The summed E-state index contributed by atoms with van der Waals surface area (Å²) in [4.78, 5) is 0. The molecule has 0 atom stereocenters. The molecule has 0 heterocycles. The van der Waals surface area contributed by atoms with E-state index in [2.05, 4.69) is 21.2 Å². The van der Waals surface area contributed by atoms with Crippen molar-refractivity contribution in [1.29, 1.82) is 0 Å². The van der Waals surface area contributed by atoms with Gasteiger partial charge in [-0.3, -0.25) is 0 Å². The fourth-order valence-corrected chi connectivity index (χ4v) is 2.31. The summed E-state index contributed by atoms with van der Waals surface area (Å²) < 4.78 is 0.676. The summed E-state index contributed by atoms with van der Waals surface area (Å²) in [6.07, 6.45) is 0. The van der Waals surface area contributed by atoms with Crippen molar-refractivity contribution in [1.82, 2.24) is 0 Å². The lowest BCUT2D eigenvalue weighted by atomic mass is 10.1. The van der Waals surface area contributed by atoms with Crippen LogP contribution in [0.1, 0.15) is 16.7 Å². The number of phenols is 2. The third kappa shape index (κ3) is 3.01. The molecule has 3 N–H and O–H groups in total. The highest BCUT2D eigenvalue weighted by atomic mass is 79.9. The number of rotatable bonds is 3. The van der Waals surface area contributed by atoms with Gasteiger partial charge in [0.1, 0.15) is 11.5 Å². The maximum atomic E-state index is 9.88. The van der Waals surface area contributed by atoms with Gasteiger partial charge in [-0.05, 0) is 59.1 Å². The number of aryl methyl sites for hydroxylation is 1. The normalized spacial score (nSPS) is 10.5. The van der Waals surface area contributed by atoms with E-state index in [-0.39, 0.29) is 5.75 Å². The van der Waals surface area contributed by atoms with Gasteiger partial charge in [-0.1, -0.05) is 12.1 Å². The summed E-state index contributed by atoms with van der Waals surface area (Å²) in [7, 11) is 0. The Morgan fingerprint density at radius 2 is 1.84 bits per heavy atom. The lowest BCUT2D eigenvalue weighted by Gasteiger charge is -2.12. The highest BCUT2D eigenvalue weighted by Gasteiger charge is 2.06. The topological polar surface area (TPSA) is 52.5 Å². The zero-order valence-electron chi connectivity index (χ0n) is 10.9. The van der Waals surface area contributed by atoms with Crippen LogP contribution in [0.15, 0.2) is 34.8 Å². The predicted octanol–water partition coefficient (Wildman–Crippen LogP) is 4.09. The van der Waals surface area contributed by atoms with E-state index in [9.17, 15) is 10.2 Å². The zero-order chi connectivity index (χ0) is 14.0. The van der Waals surface area contributed by atoms with Crippen molar-refractivity contribution in [3.05, 3.63) is 51.5 Å². The van der Waals surface area contributed by atoms with Gasteiger partial charge in [0, 0.05) is 17.8 Å². The Morgan fingerprint density at radius 3 is 2.53 bits per heavy atom. The molecule has 100 valence electrons. The lowest BCUT2D eigenvalue weighted by Crippen LogP contribution is -2.01. The molecule has 19 heavy (non-hydrogen) atoms. The number of halogens is 1. The Hall–Kier alpha value is -1.68. The van der Waals surface area contributed by atoms with E-state index in [4.69, 9.17) is 0 Å². The summed E-state index contributed by atoms with van der Waals surface area (Å²) >= 11 is 3.29. The molecule has 0 radical (unpaired) electrons. The van der Waals surface area contributed by atoms with Crippen molar-refractivity contribution in [3.63, 3.8) is 0 Å². The number of nitrogens with one attached hydrogen (secondary N) is 1. The first kappa shape index (κ1) is 13.7. The average Bonchev–Trinajstić information content (AvgIpc) is 2.39. The van der Waals surface area contributed by atoms with Gasteiger partial charge >= 0.3 is 0 Å². The maximum absolute atomic E-state index is 9.88. The van der Waals surface area contributed by atoms with Gasteiger partial charge in [-0.15, -0.1) is 0 Å². The zero-order valence-corrected chi connectivity index (χ0v) is 12.5. The molecule has 0 spiro atoms. The summed E-state index contributed by atoms with van der Waals surface area (Å²) in [6, 6.07) is 9.22. The van der Waals surface area contributed by atoms with Crippen molar-refractivity contribution in [2.24, 2.45) is 0 Å². The van der Waals surface area contributed by atoms with E-state index in [1.54, 1.807) is 6.07 Å². The summed E-state index contributed by atoms with van der Waals surface area (Å²) in [6.45, 7) is 4.39. The highest BCUT2D eigenvalue weighted by molar-refractivity contribution is 9.10. The molecule has 0 aliphatic heterocycles. The molecule has 0 aliphatic rings. The van der Waals surface area contributed by atoms with Crippen molar-refractivity contribution >= 4 is 21.6 Å². The molecule has 0 unspecified atom stereocenters. The Labute approximate surface area is 121 Å². The maximum Gasteiger partial charge on any atom is 0.129 e. The molecule has 2 rings (SSSR count). The van der Waals surface area contributed by atoms with Gasteiger partial charge in [0.05, 0.1) is 4.47 Å². The van der Waals surface area contributed by atoms with Crippen molar-refractivity contribution < 1.29 is 10.2 Å². The first-order valence-electron chi connectivity index (χ1n) is 5.99. The molecule has 3 nitrogen and oxygen atoms in total. The van der Waals surface area contributed by atoms with Crippen molar-refractivity contribution in [2.45, 2.75) is 20.4 Å². The molecule has 0 saturated heterocycles. The predicted molar refractivity (Wildman–Crippen MR) is 80.7 cm³/mol. The van der Waals surface area contributed by atoms with E-state index in [1.807, 2.05) is 38.1 Å². The number of anilines is 1. The van der Waals surface area contributed by atoms with Crippen molar-refractivity contribution in [2.75, 3.05) is 5.32 Å². The first-order valence-corrected chi connectivity index (χ1v) is 6.79. The minimum atomic E-state index is 0.230. The Balaban J connectivity index is 2.14. The first-order chi connectivity index (χ1) is 8.99. The van der Waals surface area contributed by atoms with Crippen LogP contribution >= 0.6 is 15.9 Å².